The van der Waals surface area contributed by atoms with Crippen LogP contribution in [-0.4, -0.2) is 41.2 Å². The molecule has 2 atom stereocenters. The first-order valence-corrected chi connectivity index (χ1v) is 10.0. The van der Waals surface area contributed by atoms with Crippen LogP contribution < -0.4 is 10.2 Å². The maximum Gasteiger partial charge on any atom is 0.224 e. The minimum Gasteiger partial charge on any atom is -0.372 e. The smallest absolute Gasteiger partial charge is 0.224 e. The van der Waals surface area contributed by atoms with Crippen LogP contribution in [0.1, 0.15) is 25.0 Å². The van der Waals surface area contributed by atoms with Gasteiger partial charge in [0.2, 0.25) is 5.91 Å². The van der Waals surface area contributed by atoms with Gasteiger partial charge in [-0.05, 0) is 37.1 Å². The number of para-hydroxylation sites is 1. The van der Waals surface area contributed by atoms with Crippen molar-refractivity contribution in [1.29, 1.82) is 0 Å². The molecule has 2 aromatic heterocycles. The zero-order valence-corrected chi connectivity index (χ0v) is 16.8. The van der Waals surface area contributed by atoms with E-state index in [1.807, 2.05) is 48.7 Å². The number of fused-ring (bicyclic) bond motifs is 1. The molecule has 3 heterocycles. The number of hydrogen-bond acceptors (Lipinski definition) is 5. The summed E-state index contributed by atoms with van der Waals surface area (Å²) in [6.07, 6.45) is 4.29. The predicted molar refractivity (Wildman–Crippen MR) is 114 cm³/mol. The van der Waals surface area contributed by atoms with Crippen molar-refractivity contribution in [2.45, 2.75) is 39.0 Å². The van der Waals surface area contributed by atoms with Crippen molar-refractivity contribution >= 4 is 22.6 Å². The van der Waals surface area contributed by atoms with E-state index in [-0.39, 0.29) is 18.1 Å². The van der Waals surface area contributed by atoms with Crippen LogP contribution in [-0.2, 0) is 22.5 Å². The molecule has 4 rings (SSSR count). The van der Waals surface area contributed by atoms with Crippen molar-refractivity contribution in [3.63, 3.8) is 0 Å². The first-order chi connectivity index (χ1) is 14.1. The monoisotopic (exact) mass is 390 g/mol. The second-order valence-corrected chi connectivity index (χ2v) is 7.63. The number of hydrogen-bond donors (Lipinski definition) is 1. The molecule has 1 amide bonds. The van der Waals surface area contributed by atoms with Crippen LogP contribution in [0.3, 0.4) is 0 Å². The summed E-state index contributed by atoms with van der Waals surface area (Å²) in [4.78, 5) is 23.7. The second-order valence-electron chi connectivity index (χ2n) is 7.63. The molecule has 3 aromatic rings. The highest BCUT2D eigenvalue weighted by atomic mass is 16.5. The van der Waals surface area contributed by atoms with Crippen LogP contribution in [0.15, 0.2) is 54.9 Å². The SMILES string of the molecule is CC1CN(c2ccc(CNC(=O)Cc3cccc4cccnc34)cn2)CC(C)O1. The van der Waals surface area contributed by atoms with Gasteiger partial charge in [0, 0.05) is 37.4 Å². The van der Waals surface area contributed by atoms with Crippen molar-refractivity contribution in [1.82, 2.24) is 15.3 Å². The summed E-state index contributed by atoms with van der Waals surface area (Å²) in [7, 11) is 0. The number of ether oxygens (including phenoxy) is 1. The molecule has 1 aliphatic rings. The highest BCUT2D eigenvalue weighted by Crippen LogP contribution is 2.19. The van der Waals surface area contributed by atoms with E-state index >= 15 is 0 Å². The largest absolute Gasteiger partial charge is 0.372 e. The van der Waals surface area contributed by atoms with Crippen molar-refractivity contribution < 1.29 is 9.53 Å². The molecule has 1 saturated heterocycles. The third-order valence-electron chi connectivity index (χ3n) is 5.11. The molecule has 0 saturated carbocycles. The van der Waals surface area contributed by atoms with Crippen molar-refractivity contribution in [2.24, 2.45) is 0 Å². The Morgan fingerprint density at radius 3 is 2.66 bits per heavy atom. The van der Waals surface area contributed by atoms with Gasteiger partial charge in [-0.2, -0.15) is 0 Å². The third-order valence-corrected chi connectivity index (χ3v) is 5.11. The van der Waals surface area contributed by atoms with E-state index in [2.05, 4.69) is 34.0 Å². The summed E-state index contributed by atoms with van der Waals surface area (Å²) in [6.45, 7) is 6.30. The molecule has 6 heteroatoms. The number of nitrogens with one attached hydrogen (secondary N) is 1. The molecule has 0 radical (unpaired) electrons. The topological polar surface area (TPSA) is 67.4 Å². The molecule has 0 aliphatic carbocycles. The third kappa shape index (κ3) is 4.71. The number of benzene rings is 1. The number of pyridine rings is 2. The van der Waals surface area contributed by atoms with Crippen molar-refractivity contribution in [3.8, 4) is 0 Å². The van der Waals surface area contributed by atoms with Crippen LogP contribution in [0.2, 0.25) is 0 Å². The quantitative estimate of drug-likeness (QED) is 0.725. The van der Waals surface area contributed by atoms with E-state index in [0.29, 0.717) is 13.0 Å². The summed E-state index contributed by atoms with van der Waals surface area (Å²) in [5.41, 5.74) is 2.79. The Kier molecular flexibility index (Phi) is 5.71. The van der Waals surface area contributed by atoms with Crippen molar-refractivity contribution in [2.75, 3.05) is 18.0 Å². The maximum absolute atomic E-state index is 12.4. The fourth-order valence-electron chi connectivity index (χ4n) is 3.82. The Labute approximate surface area is 170 Å². The minimum atomic E-state index is -0.0249. The van der Waals surface area contributed by atoms with Crippen LogP contribution >= 0.6 is 0 Å². The van der Waals surface area contributed by atoms with E-state index in [1.54, 1.807) is 6.20 Å². The number of aromatic nitrogens is 2. The van der Waals surface area contributed by atoms with E-state index in [9.17, 15) is 4.79 Å². The van der Waals surface area contributed by atoms with Gasteiger partial charge in [-0.25, -0.2) is 4.98 Å². The standard InChI is InChI=1S/C23H26N4O2/c1-16-14-27(15-17(2)29-16)21-9-8-18(12-25-21)13-26-22(28)11-20-6-3-5-19-7-4-10-24-23(19)20/h3-10,12,16-17H,11,13-15H2,1-2H3,(H,26,28). The normalized spacial score (nSPS) is 19.3. The summed E-state index contributed by atoms with van der Waals surface area (Å²) >= 11 is 0. The highest BCUT2D eigenvalue weighted by molar-refractivity contribution is 5.87. The Balaban J connectivity index is 1.34. The first-order valence-electron chi connectivity index (χ1n) is 10.0. The molecule has 1 N–H and O–H groups in total. The highest BCUT2D eigenvalue weighted by Gasteiger charge is 2.23. The summed E-state index contributed by atoms with van der Waals surface area (Å²) in [5.74, 6) is 0.923. The minimum absolute atomic E-state index is 0.0249. The van der Waals surface area contributed by atoms with Gasteiger partial charge in [-0.15, -0.1) is 0 Å². The van der Waals surface area contributed by atoms with Gasteiger partial charge in [0.25, 0.3) is 0 Å². The summed E-state index contributed by atoms with van der Waals surface area (Å²) in [5, 5.41) is 4.03. The van der Waals surface area contributed by atoms with Crippen molar-refractivity contribution in [3.05, 3.63) is 66.0 Å². The lowest BCUT2D eigenvalue weighted by atomic mass is 10.1. The molecule has 150 valence electrons. The van der Waals surface area contributed by atoms with Gasteiger partial charge in [-0.3, -0.25) is 9.78 Å². The second kappa shape index (κ2) is 8.57. The van der Waals surface area contributed by atoms with E-state index in [1.165, 1.54) is 0 Å². The number of amides is 1. The number of morpholine rings is 1. The van der Waals surface area contributed by atoms with E-state index in [4.69, 9.17) is 4.74 Å². The van der Waals surface area contributed by atoms with Crippen LogP contribution in [0, 0.1) is 0 Å². The average molecular weight is 390 g/mol. The lowest BCUT2D eigenvalue weighted by Gasteiger charge is -2.36. The molecule has 1 aromatic carbocycles. The number of anilines is 1. The van der Waals surface area contributed by atoms with Crippen LogP contribution in [0.4, 0.5) is 5.82 Å². The fraction of sp³-hybridized carbons (Fsp3) is 0.348. The van der Waals surface area contributed by atoms with Gasteiger partial charge in [0.05, 0.1) is 24.1 Å². The van der Waals surface area contributed by atoms with E-state index < -0.39 is 0 Å². The number of carbonyl (C=O) groups is 1. The summed E-state index contributed by atoms with van der Waals surface area (Å²) in [6, 6.07) is 13.9. The average Bonchev–Trinajstić information content (AvgIpc) is 2.72. The van der Waals surface area contributed by atoms with Gasteiger partial charge >= 0.3 is 0 Å². The molecular weight excluding hydrogens is 364 g/mol. The Bertz CT molecular complexity index is 974. The molecular formula is C23H26N4O2. The Morgan fingerprint density at radius 1 is 1.10 bits per heavy atom. The van der Waals surface area contributed by atoms with Gasteiger partial charge in [0.15, 0.2) is 0 Å². The molecule has 2 unspecified atom stereocenters. The van der Waals surface area contributed by atoms with E-state index in [0.717, 1.165) is 40.9 Å². The molecule has 29 heavy (non-hydrogen) atoms. The van der Waals surface area contributed by atoms with Crippen LogP contribution in [0.25, 0.3) is 10.9 Å². The lowest BCUT2D eigenvalue weighted by molar-refractivity contribution is -0.120. The number of rotatable bonds is 5. The summed E-state index contributed by atoms with van der Waals surface area (Å²) < 4.78 is 5.78. The Morgan fingerprint density at radius 2 is 1.90 bits per heavy atom. The molecule has 1 aliphatic heterocycles. The number of nitrogens with zero attached hydrogens (tertiary/aromatic N) is 3. The number of carbonyl (C=O) groups excluding carboxylic acids is 1. The Hall–Kier alpha value is -2.99. The van der Waals surface area contributed by atoms with Gasteiger partial charge in [0.1, 0.15) is 5.82 Å². The molecule has 1 fully saturated rings. The zero-order valence-electron chi connectivity index (χ0n) is 16.8. The molecule has 0 spiro atoms. The molecule has 6 nitrogen and oxygen atoms in total. The fourth-order valence-corrected chi connectivity index (χ4v) is 3.82. The molecule has 0 bridgehead atoms. The predicted octanol–water partition coefficient (Wildman–Crippen LogP) is 3.10. The lowest BCUT2D eigenvalue weighted by Crippen LogP contribution is -2.45. The first kappa shape index (κ1) is 19.3. The zero-order chi connectivity index (χ0) is 20.2. The van der Waals surface area contributed by atoms with Gasteiger partial charge in [-0.1, -0.05) is 30.3 Å². The maximum atomic E-state index is 12.4. The van der Waals surface area contributed by atoms with Gasteiger partial charge < -0.3 is 15.0 Å². The van der Waals surface area contributed by atoms with Crippen LogP contribution in [0.5, 0.6) is 0 Å².